The molecule has 0 saturated carbocycles. The fraction of sp³-hybridized carbons (Fsp3) is 0.300. The van der Waals surface area contributed by atoms with Gasteiger partial charge in [0.25, 0.3) is 0 Å². The highest BCUT2D eigenvalue weighted by atomic mass is 16.5. The lowest BCUT2D eigenvalue weighted by atomic mass is 10.0. The molecular formula is C20H22N2O2. The van der Waals surface area contributed by atoms with E-state index in [1.54, 1.807) is 25.3 Å². The monoisotopic (exact) mass is 322 g/mol. The molecule has 1 atom stereocenters. The number of hydrogen-bond donors (Lipinski definition) is 1. The molecule has 0 aromatic heterocycles. The summed E-state index contributed by atoms with van der Waals surface area (Å²) in [6.45, 7) is 3.60. The van der Waals surface area contributed by atoms with Crippen molar-refractivity contribution in [3.8, 4) is 11.8 Å². The third-order valence-electron chi connectivity index (χ3n) is 3.97. The number of benzene rings is 2. The number of ketones is 1. The Morgan fingerprint density at radius 3 is 2.54 bits per heavy atom. The number of nitrogens with zero attached hydrogens (tertiary/aromatic N) is 1. The van der Waals surface area contributed by atoms with Crippen LogP contribution in [-0.2, 0) is 6.42 Å². The molecule has 1 N–H and O–H groups in total. The number of hydrogen-bond acceptors (Lipinski definition) is 4. The first-order valence-electron chi connectivity index (χ1n) is 7.98. The van der Waals surface area contributed by atoms with Gasteiger partial charge in [-0.05, 0) is 62.6 Å². The molecule has 0 aliphatic carbocycles. The summed E-state index contributed by atoms with van der Waals surface area (Å²) in [7, 11) is 1.66. The first-order valence-corrected chi connectivity index (χ1v) is 7.98. The van der Waals surface area contributed by atoms with E-state index < -0.39 is 0 Å². The number of ether oxygens (including phenoxy) is 1. The number of carbonyl (C=O) groups excluding carboxylic acids is 1. The summed E-state index contributed by atoms with van der Waals surface area (Å²) in [6.07, 6.45) is 1.84. The van der Waals surface area contributed by atoms with Crippen molar-refractivity contribution in [2.45, 2.75) is 32.7 Å². The van der Waals surface area contributed by atoms with Crippen molar-refractivity contribution in [3.63, 3.8) is 0 Å². The SMILES string of the molecule is COc1ccc(CCC(C)Nc2cc(C(C)=O)ccc2C#N)cc1. The van der Waals surface area contributed by atoms with Crippen LogP contribution in [0.1, 0.15) is 41.8 Å². The quantitative estimate of drug-likeness (QED) is 0.776. The average Bonchev–Trinajstić information content (AvgIpc) is 2.60. The molecule has 24 heavy (non-hydrogen) atoms. The van der Waals surface area contributed by atoms with Crippen LogP contribution in [0, 0.1) is 11.3 Å². The van der Waals surface area contributed by atoms with Crippen molar-refractivity contribution >= 4 is 11.5 Å². The zero-order chi connectivity index (χ0) is 17.5. The molecule has 0 bridgehead atoms. The molecule has 0 spiro atoms. The van der Waals surface area contributed by atoms with Crippen LogP contribution in [0.2, 0.25) is 0 Å². The lowest BCUT2D eigenvalue weighted by Gasteiger charge is -2.17. The van der Waals surface area contributed by atoms with Gasteiger partial charge < -0.3 is 10.1 Å². The number of aryl methyl sites for hydroxylation is 1. The van der Waals surface area contributed by atoms with Gasteiger partial charge in [0.1, 0.15) is 11.8 Å². The summed E-state index contributed by atoms with van der Waals surface area (Å²) >= 11 is 0. The van der Waals surface area contributed by atoms with E-state index in [0.29, 0.717) is 16.8 Å². The van der Waals surface area contributed by atoms with E-state index in [1.165, 1.54) is 12.5 Å². The molecule has 2 aromatic carbocycles. The number of rotatable bonds is 7. The van der Waals surface area contributed by atoms with Gasteiger partial charge in [-0.25, -0.2) is 0 Å². The van der Waals surface area contributed by atoms with Crippen molar-refractivity contribution < 1.29 is 9.53 Å². The Morgan fingerprint density at radius 1 is 1.25 bits per heavy atom. The van der Waals surface area contributed by atoms with Gasteiger partial charge in [-0.2, -0.15) is 5.26 Å². The van der Waals surface area contributed by atoms with E-state index in [4.69, 9.17) is 4.74 Å². The van der Waals surface area contributed by atoms with Crippen LogP contribution in [0.4, 0.5) is 5.69 Å². The number of carbonyl (C=O) groups is 1. The van der Waals surface area contributed by atoms with E-state index in [0.717, 1.165) is 18.6 Å². The Morgan fingerprint density at radius 2 is 1.96 bits per heavy atom. The maximum absolute atomic E-state index is 11.5. The van der Waals surface area contributed by atoms with Crippen molar-refractivity contribution in [3.05, 3.63) is 59.2 Å². The van der Waals surface area contributed by atoms with E-state index in [1.807, 2.05) is 12.1 Å². The second kappa shape index (κ2) is 8.16. The predicted molar refractivity (Wildman–Crippen MR) is 95.6 cm³/mol. The second-order valence-corrected chi connectivity index (χ2v) is 5.86. The first-order chi connectivity index (χ1) is 11.5. The summed E-state index contributed by atoms with van der Waals surface area (Å²) in [5.41, 5.74) is 3.12. The highest BCUT2D eigenvalue weighted by molar-refractivity contribution is 5.95. The number of nitriles is 1. The molecule has 0 aliphatic rings. The zero-order valence-corrected chi connectivity index (χ0v) is 14.3. The first kappa shape index (κ1) is 17.6. The predicted octanol–water partition coefficient (Wildman–Crippen LogP) is 4.20. The molecule has 124 valence electrons. The van der Waals surface area contributed by atoms with E-state index in [9.17, 15) is 10.1 Å². The summed E-state index contributed by atoms with van der Waals surface area (Å²) < 4.78 is 5.16. The molecule has 2 aromatic rings. The maximum atomic E-state index is 11.5. The Hall–Kier alpha value is -2.80. The van der Waals surface area contributed by atoms with Gasteiger partial charge in [0.2, 0.25) is 0 Å². The van der Waals surface area contributed by atoms with Gasteiger partial charge in [0.15, 0.2) is 5.78 Å². The fourth-order valence-electron chi connectivity index (χ4n) is 2.49. The fourth-order valence-corrected chi connectivity index (χ4v) is 2.49. The Balaban J connectivity index is 2.00. The Bertz CT molecular complexity index is 745. The third-order valence-corrected chi connectivity index (χ3v) is 3.97. The van der Waals surface area contributed by atoms with Crippen molar-refractivity contribution in [1.29, 1.82) is 5.26 Å². The minimum Gasteiger partial charge on any atom is -0.497 e. The Kier molecular flexibility index (Phi) is 5.97. The van der Waals surface area contributed by atoms with Crippen molar-refractivity contribution in [2.75, 3.05) is 12.4 Å². The van der Waals surface area contributed by atoms with Crippen LogP contribution >= 0.6 is 0 Å². The van der Waals surface area contributed by atoms with Crippen LogP contribution in [-0.4, -0.2) is 18.9 Å². The molecule has 0 radical (unpaired) electrons. The molecule has 2 rings (SSSR count). The van der Waals surface area contributed by atoms with Crippen LogP contribution in [0.5, 0.6) is 5.75 Å². The molecule has 0 saturated heterocycles. The summed E-state index contributed by atoms with van der Waals surface area (Å²) in [6, 6.07) is 15.5. The number of nitrogens with one attached hydrogen (secondary N) is 1. The minimum atomic E-state index is -0.00609. The number of methoxy groups -OCH3 is 1. The Labute approximate surface area is 143 Å². The zero-order valence-electron chi connectivity index (χ0n) is 14.3. The maximum Gasteiger partial charge on any atom is 0.159 e. The molecule has 4 heteroatoms. The lowest BCUT2D eigenvalue weighted by Crippen LogP contribution is -2.17. The van der Waals surface area contributed by atoms with Crippen LogP contribution in [0.15, 0.2) is 42.5 Å². The highest BCUT2D eigenvalue weighted by Crippen LogP contribution is 2.20. The normalized spacial score (nSPS) is 11.4. The summed E-state index contributed by atoms with van der Waals surface area (Å²) in [5.74, 6) is 0.845. The van der Waals surface area contributed by atoms with Gasteiger partial charge in [-0.3, -0.25) is 4.79 Å². The topological polar surface area (TPSA) is 62.1 Å². The standard InChI is InChI=1S/C20H22N2O2/c1-14(4-5-16-6-10-19(24-3)11-7-16)22-20-12-17(15(2)23)8-9-18(20)13-21/h6-12,14,22H,4-5H2,1-3H3. The van der Waals surface area contributed by atoms with Crippen LogP contribution < -0.4 is 10.1 Å². The van der Waals surface area contributed by atoms with Gasteiger partial charge in [0, 0.05) is 11.6 Å². The largest absolute Gasteiger partial charge is 0.497 e. The van der Waals surface area contributed by atoms with Gasteiger partial charge in [0.05, 0.1) is 18.4 Å². The van der Waals surface area contributed by atoms with E-state index in [-0.39, 0.29) is 11.8 Å². The number of Topliss-reactive ketones (excluding diaryl/α,β-unsaturated/α-hetero) is 1. The molecule has 0 fully saturated rings. The summed E-state index contributed by atoms with van der Waals surface area (Å²) in [5, 5.41) is 12.6. The van der Waals surface area contributed by atoms with E-state index >= 15 is 0 Å². The molecule has 4 nitrogen and oxygen atoms in total. The molecule has 1 unspecified atom stereocenters. The molecule has 0 heterocycles. The second-order valence-electron chi connectivity index (χ2n) is 5.86. The van der Waals surface area contributed by atoms with Gasteiger partial charge in [-0.1, -0.05) is 12.1 Å². The third kappa shape index (κ3) is 4.60. The highest BCUT2D eigenvalue weighted by Gasteiger charge is 2.10. The minimum absolute atomic E-state index is 0.00609. The van der Waals surface area contributed by atoms with Crippen molar-refractivity contribution in [2.24, 2.45) is 0 Å². The van der Waals surface area contributed by atoms with Crippen LogP contribution in [0.25, 0.3) is 0 Å². The van der Waals surface area contributed by atoms with Crippen LogP contribution in [0.3, 0.4) is 0 Å². The lowest BCUT2D eigenvalue weighted by molar-refractivity contribution is 0.101. The van der Waals surface area contributed by atoms with Gasteiger partial charge in [-0.15, -0.1) is 0 Å². The molecule has 0 aliphatic heterocycles. The molecular weight excluding hydrogens is 300 g/mol. The van der Waals surface area contributed by atoms with Crippen molar-refractivity contribution in [1.82, 2.24) is 0 Å². The average molecular weight is 322 g/mol. The molecule has 0 amide bonds. The smallest absolute Gasteiger partial charge is 0.159 e. The summed E-state index contributed by atoms with van der Waals surface area (Å²) in [4.78, 5) is 11.5. The number of anilines is 1. The van der Waals surface area contributed by atoms with Gasteiger partial charge >= 0.3 is 0 Å². The van der Waals surface area contributed by atoms with E-state index in [2.05, 4.69) is 30.4 Å².